The summed E-state index contributed by atoms with van der Waals surface area (Å²) in [7, 11) is 0. The van der Waals surface area contributed by atoms with E-state index in [-0.39, 0.29) is 0 Å². The molecule has 0 atom stereocenters. The van der Waals surface area contributed by atoms with E-state index in [0.29, 0.717) is 0 Å². The van der Waals surface area contributed by atoms with Gasteiger partial charge in [0.2, 0.25) is 6.20 Å². The standard InChI is InChI=1S/C14H18N2O/c1-2-3-4-5-8-13-10-12-7-6-9-15-14(12)11-16(13)17/h6-7,9-11H,2-5,8H2,1H3. The van der Waals surface area contributed by atoms with E-state index in [2.05, 4.69) is 11.9 Å². The Balaban J connectivity index is 2.14. The first-order valence-corrected chi connectivity index (χ1v) is 6.28. The number of aromatic nitrogens is 2. The summed E-state index contributed by atoms with van der Waals surface area (Å²) >= 11 is 0. The Hall–Kier alpha value is -1.64. The molecule has 0 unspecified atom stereocenters. The summed E-state index contributed by atoms with van der Waals surface area (Å²) in [6, 6.07) is 5.86. The summed E-state index contributed by atoms with van der Waals surface area (Å²) in [5, 5.41) is 12.8. The lowest BCUT2D eigenvalue weighted by atomic mass is 10.1. The molecule has 0 aliphatic carbocycles. The van der Waals surface area contributed by atoms with Crippen LogP contribution in [0, 0.1) is 5.21 Å². The molecule has 0 aliphatic rings. The minimum absolute atomic E-state index is 0.764. The van der Waals surface area contributed by atoms with Crippen LogP contribution in [0.4, 0.5) is 0 Å². The molecule has 0 fully saturated rings. The fraction of sp³-hybridized carbons (Fsp3) is 0.429. The van der Waals surface area contributed by atoms with Crippen molar-refractivity contribution in [3.05, 3.63) is 41.5 Å². The van der Waals surface area contributed by atoms with Gasteiger partial charge in [-0.1, -0.05) is 32.3 Å². The normalized spacial score (nSPS) is 10.9. The van der Waals surface area contributed by atoms with Crippen molar-refractivity contribution in [1.29, 1.82) is 0 Å². The van der Waals surface area contributed by atoms with Gasteiger partial charge in [-0.15, -0.1) is 0 Å². The Bertz CT molecular complexity index is 497. The van der Waals surface area contributed by atoms with Gasteiger partial charge in [-0.2, -0.15) is 4.73 Å². The topological polar surface area (TPSA) is 39.8 Å². The van der Waals surface area contributed by atoms with Crippen LogP contribution in [0.25, 0.3) is 10.9 Å². The number of fused-ring (bicyclic) bond motifs is 1. The summed E-state index contributed by atoms with van der Waals surface area (Å²) in [6.07, 6.45) is 8.89. The molecule has 0 saturated heterocycles. The van der Waals surface area contributed by atoms with Crippen LogP contribution in [-0.4, -0.2) is 4.98 Å². The molecule has 90 valence electrons. The van der Waals surface area contributed by atoms with Crippen LogP contribution in [0.15, 0.2) is 30.6 Å². The van der Waals surface area contributed by atoms with Crippen LogP contribution >= 0.6 is 0 Å². The third kappa shape index (κ3) is 2.93. The van der Waals surface area contributed by atoms with Crippen molar-refractivity contribution in [2.24, 2.45) is 0 Å². The third-order valence-electron chi connectivity index (χ3n) is 3.00. The Morgan fingerprint density at radius 1 is 1.29 bits per heavy atom. The number of nitrogens with zero attached hydrogens (tertiary/aromatic N) is 2. The van der Waals surface area contributed by atoms with E-state index in [1.807, 2.05) is 18.2 Å². The molecule has 2 aromatic rings. The lowest BCUT2D eigenvalue weighted by molar-refractivity contribution is -0.612. The third-order valence-corrected chi connectivity index (χ3v) is 3.00. The van der Waals surface area contributed by atoms with Gasteiger partial charge in [-0.05, 0) is 12.5 Å². The van der Waals surface area contributed by atoms with Crippen molar-refractivity contribution in [3.8, 4) is 0 Å². The molecule has 2 rings (SSSR count). The summed E-state index contributed by atoms with van der Waals surface area (Å²) in [5.41, 5.74) is 1.61. The number of hydrogen-bond acceptors (Lipinski definition) is 2. The number of unbranched alkanes of at least 4 members (excludes halogenated alkanes) is 3. The molecule has 0 spiro atoms. The van der Waals surface area contributed by atoms with Gasteiger partial charge in [0.05, 0.1) is 0 Å². The lowest BCUT2D eigenvalue weighted by Crippen LogP contribution is -2.31. The predicted octanol–water partition coefficient (Wildman–Crippen LogP) is 2.99. The van der Waals surface area contributed by atoms with Gasteiger partial charge in [0.25, 0.3) is 0 Å². The van der Waals surface area contributed by atoms with Gasteiger partial charge in [0, 0.05) is 24.1 Å². The van der Waals surface area contributed by atoms with Crippen LogP contribution in [0.1, 0.15) is 38.3 Å². The fourth-order valence-corrected chi connectivity index (χ4v) is 2.01. The Labute approximate surface area is 102 Å². The first-order valence-electron chi connectivity index (χ1n) is 6.28. The summed E-state index contributed by atoms with van der Waals surface area (Å²) in [4.78, 5) is 4.17. The molecule has 0 aromatic carbocycles. The second-order valence-electron chi connectivity index (χ2n) is 4.38. The molecule has 17 heavy (non-hydrogen) atoms. The molecule has 0 saturated carbocycles. The van der Waals surface area contributed by atoms with Gasteiger partial charge in [-0.3, -0.25) is 0 Å². The average molecular weight is 230 g/mol. The molecule has 3 nitrogen and oxygen atoms in total. The van der Waals surface area contributed by atoms with Crippen LogP contribution < -0.4 is 4.73 Å². The zero-order valence-corrected chi connectivity index (χ0v) is 10.2. The maximum Gasteiger partial charge on any atom is 0.206 e. The second-order valence-corrected chi connectivity index (χ2v) is 4.38. The van der Waals surface area contributed by atoms with Crippen molar-refractivity contribution in [2.45, 2.75) is 39.0 Å². The van der Waals surface area contributed by atoms with E-state index in [4.69, 9.17) is 0 Å². The van der Waals surface area contributed by atoms with Crippen molar-refractivity contribution in [3.63, 3.8) is 0 Å². The Morgan fingerprint density at radius 3 is 3.00 bits per heavy atom. The Kier molecular flexibility index (Phi) is 3.91. The number of pyridine rings is 2. The van der Waals surface area contributed by atoms with Crippen LogP contribution in [0.5, 0.6) is 0 Å². The highest BCUT2D eigenvalue weighted by Crippen LogP contribution is 2.12. The molecule has 0 radical (unpaired) electrons. The summed E-state index contributed by atoms with van der Waals surface area (Å²) in [5.74, 6) is 0. The maximum atomic E-state index is 11.8. The minimum atomic E-state index is 0.764. The van der Waals surface area contributed by atoms with E-state index in [1.165, 1.54) is 19.3 Å². The van der Waals surface area contributed by atoms with Crippen molar-refractivity contribution < 1.29 is 4.73 Å². The van der Waals surface area contributed by atoms with Gasteiger partial charge < -0.3 is 5.21 Å². The minimum Gasteiger partial charge on any atom is -0.618 e. The van der Waals surface area contributed by atoms with Crippen LogP contribution in [0.3, 0.4) is 0 Å². The van der Waals surface area contributed by atoms with Crippen molar-refractivity contribution >= 4 is 10.9 Å². The largest absolute Gasteiger partial charge is 0.618 e. The monoisotopic (exact) mass is 230 g/mol. The highest BCUT2D eigenvalue weighted by Gasteiger charge is 2.07. The zero-order chi connectivity index (χ0) is 12.1. The quantitative estimate of drug-likeness (QED) is 0.450. The van der Waals surface area contributed by atoms with Gasteiger partial charge in [0.15, 0.2) is 5.69 Å². The molecule has 3 heteroatoms. The van der Waals surface area contributed by atoms with Crippen molar-refractivity contribution in [2.75, 3.05) is 0 Å². The van der Waals surface area contributed by atoms with E-state index >= 15 is 0 Å². The number of aryl methyl sites for hydroxylation is 1. The van der Waals surface area contributed by atoms with Crippen molar-refractivity contribution in [1.82, 2.24) is 4.98 Å². The molecule has 0 amide bonds. The Morgan fingerprint density at radius 2 is 2.18 bits per heavy atom. The highest BCUT2D eigenvalue weighted by atomic mass is 16.5. The highest BCUT2D eigenvalue weighted by molar-refractivity contribution is 5.76. The molecular formula is C14H18N2O. The van der Waals surface area contributed by atoms with Gasteiger partial charge in [0.1, 0.15) is 5.52 Å². The number of hydrogen-bond donors (Lipinski definition) is 0. The van der Waals surface area contributed by atoms with E-state index < -0.39 is 0 Å². The summed E-state index contributed by atoms with van der Waals surface area (Å²) in [6.45, 7) is 2.19. The molecule has 2 aromatic heterocycles. The average Bonchev–Trinajstić information content (AvgIpc) is 2.35. The predicted molar refractivity (Wildman–Crippen MR) is 68.5 cm³/mol. The van der Waals surface area contributed by atoms with E-state index in [9.17, 15) is 5.21 Å². The maximum absolute atomic E-state index is 11.8. The summed E-state index contributed by atoms with van der Waals surface area (Å²) < 4.78 is 0.960. The van der Waals surface area contributed by atoms with Gasteiger partial charge in [-0.25, -0.2) is 4.98 Å². The first-order chi connectivity index (χ1) is 8.31. The van der Waals surface area contributed by atoms with E-state index in [0.717, 1.165) is 34.2 Å². The second kappa shape index (κ2) is 5.62. The van der Waals surface area contributed by atoms with Crippen LogP contribution in [0.2, 0.25) is 0 Å². The van der Waals surface area contributed by atoms with E-state index in [1.54, 1.807) is 12.4 Å². The SMILES string of the molecule is CCCCCCc1cc2cccnc2c[n+]1[O-]. The van der Waals surface area contributed by atoms with Crippen LogP contribution in [-0.2, 0) is 6.42 Å². The lowest BCUT2D eigenvalue weighted by Gasteiger charge is -2.05. The molecule has 0 N–H and O–H groups in total. The number of rotatable bonds is 5. The van der Waals surface area contributed by atoms with Gasteiger partial charge >= 0.3 is 0 Å². The smallest absolute Gasteiger partial charge is 0.206 e. The first kappa shape index (κ1) is 11.8. The molecule has 0 aliphatic heterocycles. The zero-order valence-electron chi connectivity index (χ0n) is 10.2. The molecule has 0 bridgehead atoms. The molecular weight excluding hydrogens is 212 g/mol. The fourth-order valence-electron chi connectivity index (χ4n) is 2.01. The molecule has 2 heterocycles.